The van der Waals surface area contributed by atoms with E-state index in [1.807, 2.05) is 0 Å². The smallest absolute Gasteiger partial charge is 0.331 e. The van der Waals surface area contributed by atoms with Crippen molar-refractivity contribution in [2.24, 2.45) is 0 Å². The quantitative estimate of drug-likeness (QED) is 0.553. The van der Waals surface area contributed by atoms with Crippen molar-refractivity contribution in [3.63, 3.8) is 0 Å². The molecule has 1 rings (SSSR count). The van der Waals surface area contributed by atoms with Crippen LogP contribution in [0, 0.1) is 0 Å². The maximum atomic E-state index is 10.6. The van der Waals surface area contributed by atoms with E-state index < -0.39 is 5.97 Å². The molecule has 0 spiro atoms. The standard InChI is InChI=1S/C12H18O2/c1-10(12(13)14)9-11-7-5-3-2-4-6-8-11/h7H,1-6,8-9H2,(H,13,14). The molecule has 0 aromatic carbocycles. The molecule has 14 heavy (non-hydrogen) atoms. The van der Waals surface area contributed by atoms with Crippen LogP contribution in [0.3, 0.4) is 0 Å². The first kappa shape index (κ1) is 11.0. The van der Waals surface area contributed by atoms with E-state index in [1.54, 1.807) is 0 Å². The molecular formula is C12H18O2. The van der Waals surface area contributed by atoms with E-state index in [2.05, 4.69) is 12.7 Å². The fourth-order valence-electron chi connectivity index (χ4n) is 1.77. The van der Waals surface area contributed by atoms with Crippen molar-refractivity contribution in [2.45, 2.75) is 44.9 Å². The van der Waals surface area contributed by atoms with Crippen LogP contribution in [0.2, 0.25) is 0 Å². The average molecular weight is 194 g/mol. The lowest BCUT2D eigenvalue weighted by atomic mass is 9.95. The van der Waals surface area contributed by atoms with Gasteiger partial charge in [0.1, 0.15) is 0 Å². The minimum absolute atomic E-state index is 0.317. The highest BCUT2D eigenvalue weighted by Crippen LogP contribution is 2.21. The third kappa shape index (κ3) is 3.77. The zero-order chi connectivity index (χ0) is 10.4. The van der Waals surface area contributed by atoms with Gasteiger partial charge < -0.3 is 5.11 Å². The van der Waals surface area contributed by atoms with Gasteiger partial charge in [0, 0.05) is 5.57 Å². The summed E-state index contributed by atoms with van der Waals surface area (Å²) in [5.74, 6) is -0.868. The van der Waals surface area contributed by atoms with Gasteiger partial charge in [0.15, 0.2) is 0 Å². The zero-order valence-electron chi connectivity index (χ0n) is 8.59. The van der Waals surface area contributed by atoms with Gasteiger partial charge in [-0.25, -0.2) is 4.79 Å². The molecule has 0 aromatic heterocycles. The average Bonchev–Trinajstić information content (AvgIpc) is 2.08. The van der Waals surface area contributed by atoms with Crippen LogP contribution >= 0.6 is 0 Å². The molecule has 0 bridgehead atoms. The van der Waals surface area contributed by atoms with Gasteiger partial charge in [0.25, 0.3) is 0 Å². The van der Waals surface area contributed by atoms with E-state index in [1.165, 1.54) is 31.3 Å². The Hall–Kier alpha value is -1.05. The summed E-state index contributed by atoms with van der Waals surface area (Å²) in [5, 5.41) is 8.71. The molecule has 0 amide bonds. The number of carboxylic acid groups (broad SMARTS) is 1. The predicted octanol–water partition coefficient (Wildman–Crippen LogP) is 3.30. The van der Waals surface area contributed by atoms with Crippen molar-refractivity contribution in [3.8, 4) is 0 Å². The summed E-state index contributed by atoms with van der Waals surface area (Å²) in [6, 6.07) is 0. The zero-order valence-corrected chi connectivity index (χ0v) is 8.59. The highest BCUT2D eigenvalue weighted by molar-refractivity contribution is 5.86. The van der Waals surface area contributed by atoms with Gasteiger partial charge in [-0.05, 0) is 32.1 Å². The third-order valence-electron chi connectivity index (χ3n) is 2.63. The lowest BCUT2D eigenvalue weighted by Crippen LogP contribution is -2.01. The first-order valence-corrected chi connectivity index (χ1v) is 5.29. The Morgan fingerprint density at radius 3 is 2.79 bits per heavy atom. The maximum absolute atomic E-state index is 10.6. The number of carbonyl (C=O) groups is 1. The van der Waals surface area contributed by atoms with Gasteiger partial charge in [0.2, 0.25) is 0 Å². The molecule has 0 atom stereocenters. The SMILES string of the molecule is C=C(CC1=CCCCCCC1)C(=O)O. The number of rotatable bonds is 3. The molecule has 0 aliphatic heterocycles. The Bertz CT molecular complexity index is 251. The minimum Gasteiger partial charge on any atom is -0.478 e. The minimum atomic E-state index is -0.868. The van der Waals surface area contributed by atoms with Crippen LogP contribution in [0.4, 0.5) is 0 Å². The van der Waals surface area contributed by atoms with E-state index in [9.17, 15) is 4.79 Å². The van der Waals surface area contributed by atoms with Crippen LogP contribution in [0.15, 0.2) is 23.8 Å². The van der Waals surface area contributed by atoms with Gasteiger partial charge in [-0.2, -0.15) is 0 Å². The van der Waals surface area contributed by atoms with Gasteiger partial charge in [-0.1, -0.05) is 31.1 Å². The summed E-state index contributed by atoms with van der Waals surface area (Å²) >= 11 is 0. The molecule has 1 N–H and O–H groups in total. The number of hydrogen-bond acceptors (Lipinski definition) is 1. The highest BCUT2D eigenvalue weighted by atomic mass is 16.4. The molecule has 0 fully saturated rings. The van der Waals surface area contributed by atoms with Crippen LogP contribution in [0.5, 0.6) is 0 Å². The van der Waals surface area contributed by atoms with E-state index in [-0.39, 0.29) is 0 Å². The van der Waals surface area contributed by atoms with Crippen molar-refractivity contribution in [1.29, 1.82) is 0 Å². The van der Waals surface area contributed by atoms with Crippen LogP contribution < -0.4 is 0 Å². The van der Waals surface area contributed by atoms with Crippen LogP contribution in [-0.2, 0) is 4.79 Å². The summed E-state index contributed by atoms with van der Waals surface area (Å²) in [4.78, 5) is 10.6. The number of hydrogen-bond donors (Lipinski definition) is 1. The second-order valence-electron chi connectivity index (χ2n) is 3.90. The molecule has 2 nitrogen and oxygen atoms in total. The second-order valence-corrected chi connectivity index (χ2v) is 3.90. The van der Waals surface area contributed by atoms with Gasteiger partial charge in [0.05, 0.1) is 0 Å². The molecule has 0 saturated carbocycles. The molecule has 0 saturated heterocycles. The molecule has 0 radical (unpaired) electrons. The largest absolute Gasteiger partial charge is 0.478 e. The monoisotopic (exact) mass is 194 g/mol. The third-order valence-corrected chi connectivity index (χ3v) is 2.63. The van der Waals surface area contributed by atoms with E-state index in [0.717, 1.165) is 12.8 Å². The van der Waals surface area contributed by atoms with Gasteiger partial charge in [-0.3, -0.25) is 0 Å². The van der Waals surface area contributed by atoms with E-state index in [0.29, 0.717) is 12.0 Å². The summed E-state index contributed by atoms with van der Waals surface area (Å²) in [6.07, 6.45) is 9.92. The Balaban J connectivity index is 2.48. The number of carboxylic acids is 1. The molecule has 0 heterocycles. The number of aliphatic carboxylic acids is 1. The normalized spacial score (nSPS) is 17.9. The molecule has 0 unspecified atom stereocenters. The van der Waals surface area contributed by atoms with Crippen molar-refractivity contribution in [3.05, 3.63) is 23.8 Å². The highest BCUT2D eigenvalue weighted by Gasteiger charge is 2.08. The molecule has 0 aromatic rings. The first-order valence-electron chi connectivity index (χ1n) is 5.29. The van der Waals surface area contributed by atoms with Gasteiger partial charge >= 0.3 is 5.97 Å². The van der Waals surface area contributed by atoms with Crippen molar-refractivity contribution in [1.82, 2.24) is 0 Å². The number of allylic oxidation sites excluding steroid dienone is 2. The summed E-state index contributed by atoms with van der Waals surface area (Å²) in [5.41, 5.74) is 1.58. The molecule has 1 aliphatic rings. The topological polar surface area (TPSA) is 37.3 Å². The van der Waals surface area contributed by atoms with Crippen LogP contribution in [-0.4, -0.2) is 11.1 Å². The lowest BCUT2D eigenvalue weighted by Gasteiger charge is -2.10. The summed E-state index contributed by atoms with van der Waals surface area (Å²) in [7, 11) is 0. The molecule has 1 aliphatic carbocycles. The van der Waals surface area contributed by atoms with E-state index in [4.69, 9.17) is 5.11 Å². The maximum Gasteiger partial charge on any atom is 0.331 e. The molecule has 2 heteroatoms. The van der Waals surface area contributed by atoms with Crippen molar-refractivity contribution >= 4 is 5.97 Å². The van der Waals surface area contributed by atoms with Crippen LogP contribution in [0.1, 0.15) is 44.9 Å². The Kier molecular flexibility index (Phi) is 4.44. The van der Waals surface area contributed by atoms with E-state index >= 15 is 0 Å². The van der Waals surface area contributed by atoms with Crippen molar-refractivity contribution < 1.29 is 9.90 Å². The fraction of sp³-hybridized carbons (Fsp3) is 0.583. The second kappa shape index (κ2) is 5.63. The molecular weight excluding hydrogens is 176 g/mol. The summed E-state index contributed by atoms with van der Waals surface area (Å²) < 4.78 is 0. The molecule has 78 valence electrons. The van der Waals surface area contributed by atoms with Crippen molar-refractivity contribution in [2.75, 3.05) is 0 Å². The Morgan fingerprint density at radius 1 is 1.36 bits per heavy atom. The lowest BCUT2D eigenvalue weighted by molar-refractivity contribution is -0.132. The summed E-state index contributed by atoms with van der Waals surface area (Å²) in [6.45, 7) is 3.56. The van der Waals surface area contributed by atoms with Gasteiger partial charge in [-0.15, -0.1) is 0 Å². The predicted molar refractivity (Wildman–Crippen MR) is 57.2 cm³/mol. The van der Waals surface area contributed by atoms with Crippen LogP contribution in [0.25, 0.3) is 0 Å². The fourth-order valence-corrected chi connectivity index (χ4v) is 1.77. The Labute approximate surface area is 85.3 Å². The first-order chi connectivity index (χ1) is 6.70. The Morgan fingerprint density at radius 2 is 2.07 bits per heavy atom.